The van der Waals surface area contributed by atoms with E-state index in [2.05, 4.69) is 31.5 Å². The van der Waals surface area contributed by atoms with Gasteiger partial charge in [0.2, 0.25) is 22.5 Å². The zero-order chi connectivity index (χ0) is 22.8. The van der Waals surface area contributed by atoms with Crippen LogP contribution >= 0.6 is 12.6 Å². The SMILES string of the molecule is C[C@@H]1C[C@@H](C)CN(C(=O)Cn2ccn3c(=O)c(OCc4ccccc4)c(C(=O)S)nc23)C1. The predicted molar refractivity (Wildman–Crippen MR) is 123 cm³/mol. The number of rotatable bonds is 6. The number of carbonyl (C=O) groups is 2. The van der Waals surface area contributed by atoms with Crippen LogP contribution in [0.15, 0.2) is 47.5 Å². The normalized spacial score (nSPS) is 18.7. The van der Waals surface area contributed by atoms with Crippen molar-refractivity contribution in [3.8, 4) is 5.75 Å². The zero-order valence-corrected chi connectivity index (χ0v) is 19.0. The van der Waals surface area contributed by atoms with E-state index in [-0.39, 0.29) is 36.3 Å². The van der Waals surface area contributed by atoms with E-state index in [4.69, 9.17) is 4.74 Å². The van der Waals surface area contributed by atoms with E-state index in [1.165, 1.54) is 10.6 Å². The lowest BCUT2D eigenvalue weighted by Gasteiger charge is -2.35. The van der Waals surface area contributed by atoms with E-state index in [9.17, 15) is 14.4 Å². The van der Waals surface area contributed by atoms with Gasteiger partial charge in [0.25, 0.3) is 0 Å². The summed E-state index contributed by atoms with van der Waals surface area (Å²) in [6.45, 7) is 5.86. The number of amides is 1. The average Bonchev–Trinajstić information content (AvgIpc) is 3.15. The maximum absolute atomic E-state index is 13.1. The van der Waals surface area contributed by atoms with E-state index >= 15 is 0 Å². The second kappa shape index (κ2) is 9.20. The Balaban J connectivity index is 1.63. The molecule has 2 aromatic heterocycles. The first kappa shape index (κ1) is 22.1. The van der Waals surface area contributed by atoms with Crippen LogP contribution in [0.5, 0.6) is 5.75 Å². The minimum Gasteiger partial charge on any atom is -0.481 e. The van der Waals surface area contributed by atoms with Gasteiger partial charge in [0.05, 0.1) is 0 Å². The van der Waals surface area contributed by atoms with E-state index < -0.39 is 10.7 Å². The van der Waals surface area contributed by atoms with Gasteiger partial charge < -0.3 is 14.2 Å². The highest BCUT2D eigenvalue weighted by Crippen LogP contribution is 2.22. The maximum Gasteiger partial charge on any atom is 0.302 e. The highest BCUT2D eigenvalue weighted by Gasteiger charge is 2.26. The van der Waals surface area contributed by atoms with Crippen LogP contribution < -0.4 is 10.3 Å². The van der Waals surface area contributed by atoms with Crippen molar-refractivity contribution in [3.05, 3.63) is 64.3 Å². The monoisotopic (exact) mass is 454 g/mol. The van der Waals surface area contributed by atoms with Gasteiger partial charge >= 0.3 is 5.56 Å². The first-order valence-electron chi connectivity index (χ1n) is 10.6. The van der Waals surface area contributed by atoms with Gasteiger partial charge in [-0.25, -0.2) is 9.38 Å². The average molecular weight is 455 g/mol. The predicted octanol–water partition coefficient (Wildman–Crippen LogP) is 2.65. The van der Waals surface area contributed by atoms with Gasteiger partial charge in [-0.3, -0.25) is 14.4 Å². The molecule has 1 saturated heterocycles. The third-order valence-electron chi connectivity index (χ3n) is 5.66. The lowest BCUT2D eigenvalue weighted by molar-refractivity contribution is -0.134. The maximum atomic E-state index is 13.1. The molecule has 0 aliphatic carbocycles. The summed E-state index contributed by atoms with van der Waals surface area (Å²) in [5.41, 5.74) is 0.166. The number of fused-ring (bicyclic) bond motifs is 1. The largest absolute Gasteiger partial charge is 0.481 e. The Kier molecular flexibility index (Phi) is 6.36. The molecule has 168 valence electrons. The van der Waals surface area contributed by atoms with Gasteiger partial charge in [0.15, 0.2) is 5.69 Å². The smallest absolute Gasteiger partial charge is 0.302 e. The first-order chi connectivity index (χ1) is 15.3. The molecule has 3 aromatic rings. The number of hydrogen-bond acceptors (Lipinski definition) is 5. The Hall–Kier alpha value is -3.07. The molecule has 9 heteroatoms. The lowest BCUT2D eigenvalue weighted by atomic mass is 9.92. The van der Waals surface area contributed by atoms with Crippen molar-refractivity contribution in [2.75, 3.05) is 13.1 Å². The number of likely N-dealkylation sites (tertiary alicyclic amines) is 1. The van der Waals surface area contributed by atoms with Crippen molar-refractivity contribution >= 4 is 29.4 Å². The molecule has 32 heavy (non-hydrogen) atoms. The van der Waals surface area contributed by atoms with Gasteiger partial charge in [0, 0.05) is 25.5 Å². The summed E-state index contributed by atoms with van der Waals surface area (Å²) in [5.74, 6) is 0.893. The fraction of sp³-hybridized carbons (Fsp3) is 0.391. The Morgan fingerprint density at radius 1 is 1.12 bits per heavy atom. The van der Waals surface area contributed by atoms with Crippen LogP contribution in [0.4, 0.5) is 0 Å². The van der Waals surface area contributed by atoms with Crippen LogP contribution in [0.3, 0.4) is 0 Å². The number of hydrogen-bond donors (Lipinski definition) is 1. The van der Waals surface area contributed by atoms with Crippen LogP contribution in [0.25, 0.3) is 5.78 Å². The zero-order valence-electron chi connectivity index (χ0n) is 18.1. The molecule has 3 heterocycles. The van der Waals surface area contributed by atoms with Gasteiger partial charge in [-0.1, -0.05) is 56.8 Å². The number of imidazole rings is 1. The number of nitrogens with zero attached hydrogens (tertiary/aromatic N) is 4. The van der Waals surface area contributed by atoms with E-state index in [1.807, 2.05) is 35.2 Å². The second-order valence-electron chi connectivity index (χ2n) is 8.51. The topological polar surface area (TPSA) is 85.9 Å². The lowest BCUT2D eigenvalue weighted by Crippen LogP contribution is -2.44. The fourth-order valence-electron chi connectivity index (χ4n) is 4.30. The van der Waals surface area contributed by atoms with E-state index in [1.54, 1.807) is 10.8 Å². The molecule has 8 nitrogen and oxygen atoms in total. The molecule has 1 aliphatic heterocycles. The molecule has 0 unspecified atom stereocenters. The minimum atomic E-state index is -0.676. The van der Waals surface area contributed by atoms with Crippen LogP contribution in [0, 0.1) is 11.8 Å². The molecule has 1 fully saturated rings. The first-order valence-corrected chi connectivity index (χ1v) is 11.1. The Morgan fingerprint density at radius 2 is 1.81 bits per heavy atom. The summed E-state index contributed by atoms with van der Waals surface area (Å²) in [4.78, 5) is 44.3. The summed E-state index contributed by atoms with van der Waals surface area (Å²) in [6, 6.07) is 9.31. The van der Waals surface area contributed by atoms with Crippen LogP contribution in [0.2, 0.25) is 0 Å². The summed E-state index contributed by atoms with van der Waals surface area (Å²) < 4.78 is 8.55. The van der Waals surface area contributed by atoms with Gasteiger partial charge in [0.1, 0.15) is 13.2 Å². The Bertz CT molecular complexity index is 1190. The molecule has 2 atom stereocenters. The summed E-state index contributed by atoms with van der Waals surface area (Å²) in [6.07, 6.45) is 4.25. The van der Waals surface area contributed by atoms with Gasteiger partial charge in [-0.05, 0) is 23.8 Å². The van der Waals surface area contributed by atoms with E-state index in [0.717, 1.165) is 12.0 Å². The van der Waals surface area contributed by atoms with Crippen molar-refractivity contribution in [2.24, 2.45) is 11.8 Å². The van der Waals surface area contributed by atoms with Crippen LogP contribution in [0.1, 0.15) is 36.3 Å². The minimum absolute atomic E-state index is 0.0345. The standard InChI is InChI=1S/C23H26N4O4S/c1-15-10-16(2)12-26(11-15)18(28)13-25-8-9-27-21(29)20(19(22(30)32)24-23(25)27)31-14-17-6-4-3-5-7-17/h3-9,15-16H,10-14H2,1-2H3,(H,30,32)/t15-,16-/m1/s1. The number of carbonyl (C=O) groups excluding carboxylic acids is 2. The number of aromatic nitrogens is 3. The molecule has 1 amide bonds. The van der Waals surface area contributed by atoms with Gasteiger partial charge in [-0.2, -0.15) is 0 Å². The number of benzene rings is 1. The highest BCUT2D eigenvalue weighted by molar-refractivity contribution is 7.97. The Morgan fingerprint density at radius 3 is 2.47 bits per heavy atom. The van der Waals surface area contributed by atoms with Gasteiger partial charge in [-0.15, -0.1) is 0 Å². The summed E-state index contributed by atoms with van der Waals surface area (Å²) in [5, 5.41) is -0.676. The fourth-order valence-corrected chi connectivity index (χ4v) is 4.45. The third kappa shape index (κ3) is 4.57. The van der Waals surface area contributed by atoms with Crippen molar-refractivity contribution in [1.29, 1.82) is 0 Å². The summed E-state index contributed by atoms with van der Waals surface area (Å²) in [7, 11) is 0. The molecule has 0 radical (unpaired) electrons. The molecule has 1 aromatic carbocycles. The molecular formula is C23H26N4O4S. The number of thiol groups is 1. The van der Waals surface area contributed by atoms with Crippen LogP contribution in [-0.4, -0.2) is 43.0 Å². The van der Waals surface area contributed by atoms with Crippen molar-refractivity contribution in [3.63, 3.8) is 0 Å². The number of ether oxygens (including phenoxy) is 1. The second-order valence-corrected chi connectivity index (χ2v) is 8.92. The van der Waals surface area contributed by atoms with Crippen molar-refractivity contribution in [2.45, 2.75) is 33.4 Å². The number of piperidine rings is 1. The molecule has 0 spiro atoms. The molecule has 1 aliphatic rings. The quantitative estimate of drug-likeness (QED) is 0.579. The van der Waals surface area contributed by atoms with Crippen molar-refractivity contribution < 1.29 is 14.3 Å². The van der Waals surface area contributed by atoms with Crippen LogP contribution in [-0.2, 0) is 17.9 Å². The molecule has 0 saturated carbocycles. The highest BCUT2D eigenvalue weighted by atomic mass is 32.1. The molecule has 4 rings (SSSR count). The van der Waals surface area contributed by atoms with Crippen molar-refractivity contribution in [1.82, 2.24) is 18.9 Å². The van der Waals surface area contributed by atoms with E-state index in [0.29, 0.717) is 24.9 Å². The Labute approximate surface area is 191 Å². The molecular weight excluding hydrogens is 428 g/mol. The summed E-state index contributed by atoms with van der Waals surface area (Å²) >= 11 is 3.88. The molecule has 0 bridgehead atoms. The molecule has 0 N–H and O–H groups in total. The third-order valence-corrected chi connectivity index (χ3v) is 5.88.